The Morgan fingerprint density at radius 2 is 1.86 bits per heavy atom. The Bertz CT molecular complexity index is 932. The van der Waals surface area contributed by atoms with Gasteiger partial charge in [0.2, 0.25) is 0 Å². The van der Waals surface area contributed by atoms with Crippen LogP contribution >= 0.6 is 11.6 Å². The van der Waals surface area contributed by atoms with Gasteiger partial charge in [0.05, 0.1) is 12.7 Å². The van der Waals surface area contributed by atoms with Crippen molar-refractivity contribution < 1.29 is 4.74 Å². The van der Waals surface area contributed by atoms with Gasteiger partial charge >= 0.3 is 0 Å². The summed E-state index contributed by atoms with van der Waals surface area (Å²) in [5.41, 5.74) is 1.98. The first kappa shape index (κ1) is 14.6. The van der Waals surface area contributed by atoms with Crippen molar-refractivity contribution in [1.29, 1.82) is 0 Å². The average molecular weight is 315 g/mol. The smallest absolute Gasteiger partial charge is 0.276 e. The van der Waals surface area contributed by atoms with Crippen molar-refractivity contribution in [1.82, 2.24) is 9.78 Å². The first-order chi connectivity index (χ1) is 10.5. The van der Waals surface area contributed by atoms with Crippen LogP contribution in [0.3, 0.4) is 0 Å². The minimum absolute atomic E-state index is 0.241. The second kappa shape index (κ2) is 5.46. The lowest BCUT2D eigenvalue weighted by Gasteiger charge is -2.14. The van der Waals surface area contributed by atoms with Crippen LogP contribution in [0.4, 0.5) is 0 Å². The first-order valence-electron chi connectivity index (χ1n) is 6.84. The monoisotopic (exact) mass is 314 g/mol. The summed E-state index contributed by atoms with van der Waals surface area (Å²) in [6.45, 7) is 1.96. The third kappa shape index (κ3) is 2.16. The van der Waals surface area contributed by atoms with E-state index in [0.29, 0.717) is 5.56 Å². The van der Waals surface area contributed by atoms with Crippen LogP contribution in [0.2, 0.25) is 5.02 Å². The lowest BCUT2D eigenvalue weighted by molar-refractivity contribution is 0.382. The number of aryl methyl sites for hydroxylation is 2. The van der Waals surface area contributed by atoms with E-state index in [1.165, 1.54) is 11.8 Å². The third-order valence-electron chi connectivity index (χ3n) is 3.74. The quantitative estimate of drug-likeness (QED) is 0.726. The molecule has 2 aromatic carbocycles. The van der Waals surface area contributed by atoms with Gasteiger partial charge in [-0.1, -0.05) is 48.0 Å². The van der Waals surface area contributed by atoms with Crippen LogP contribution in [0.15, 0.2) is 41.2 Å². The zero-order chi connectivity index (χ0) is 15.9. The Labute approximate surface area is 132 Å². The highest BCUT2D eigenvalue weighted by Crippen LogP contribution is 2.36. The van der Waals surface area contributed by atoms with Crippen LogP contribution in [-0.4, -0.2) is 16.9 Å². The van der Waals surface area contributed by atoms with Gasteiger partial charge in [0.1, 0.15) is 5.02 Å². The topological polar surface area (TPSA) is 44.1 Å². The van der Waals surface area contributed by atoms with Gasteiger partial charge in [0.15, 0.2) is 0 Å². The SMILES string of the molecule is COc1nn(C)c(=O)c(-c2c(C)ccc3ccccc23)c1Cl. The predicted molar refractivity (Wildman–Crippen MR) is 88.7 cm³/mol. The molecular formula is C17H15ClN2O2. The van der Waals surface area contributed by atoms with Crippen LogP contribution in [-0.2, 0) is 7.05 Å². The Hall–Kier alpha value is -2.33. The van der Waals surface area contributed by atoms with E-state index in [4.69, 9.17) is 16.3 Å². The van der Waals surface area contributed by atoms with E-state index in [-0.39, 0.29) is 16.5 Å². The summed E-state index contributed by atoms with van der Waals surface area (Å²) in [5, 5.41) is 6.31. The maximum Gasteiger partial charge on any atom is 0.276 e. The van der Waals surface area contributed by atoms with Crippen molar-refractivity contribution in [2.75, 3.05) is 7.11 Å². The number of hydrogen-bond donors (Lipinski definition) is 0. The molecule has 3 rings (SSSR count). The first-order valence-corrected chi connectivity index (χ1v) is 7.22. The molecule has 1 heterocycles. The molecule has 5 heteroatoms. The van der Waals surface area contributed by atoms with Crippen LogP contribution in [0, 0.1) is 6.92 Å². The van der Waals surface area contributed by atoms with Crippen LogP contribution in [0.5, 0.6) is 5.88 Å². The molecule has 3 aromatic rings. The number of aromatic nitrogens is 2. The Balaban J connectivity index is 2.50. The number of nitrogens with zero attached hydrogens (tertiary/aromatic N) is 2. The number of benzene rings is 2. The molecular weight excluding hydrogens is 300 g/mol. The molecule has 0 saturated carbocycles. The molecule has 0 atom stereocenters. The standard InChI is InChI=1S/C17H15ClN2O2/c1-10-8-9-11-6-4-5-7-12(11)13(10)14-15(18)16(22-3)19-20(2)17(14)21/h4-9H,1-3H3. The largest absolute Gasteiger partial charge is 0.479 e. The molecule has 0 aliphatic heterocycles. The number of hydrogen-bond acceptors (Lipinski definition) is 3. The van der Waals surface area contributed by atoms with Crippen molar-refractivity contribution in [3.63, 3.8) is 0 Å². The minimum atomic E-state index is -0.245. The highest BCUT2D eigenvalue weighted by Gasteiger charge is 2.20. The van der Waals surface area contributed by atoms with Gasteiger partial charge in [-0.2, -0.15) is 0 Å². The van der Waals surface area contributed by atoms with Crippen molar-refractivity contribution >= 4 is 22.4 Å². The lowest BCUT2D eigenvalue weighted by Crippen LogP contribution is -2.22. The Morgan fingerprint density at radius 3 is 2.59 bits per heavy atom. The van der Waals surface area contributed by atoms with Crippen LogP contribution in [0.25, 0.3) is 21.9 Å². The van der Waals surface area contributed by atoms with E-state index in [2.05, 4.69) is 5.10 Å². The van der Waals surface area contributed by atoms with E-state index in [0.717, 1.165) is 21.9 Å². The molecule has 0 bridgehead atoms. The summed E-state index contributed by atoms with van der Waals surface area (Å²) < 4.78 is 6.44. The molecule has 0 unspecified atom stereocenters. The fourth-order valence-electron chi connectivity index (χ4n) is 2.65. The van der Waals surface area contributed by atoms with E-state index in [1.54, 1.807) is 7.05 Å². The van der Waals surface area contributed by atoms with E-state index in [9.17, 15) is 4.79 Å². The number of halogens is 1. The van der Waals surface area contributed by atoms with Crippen LogP contribution in [0.1, 0.15) is 5.56 Å². The summed E-state index contributed by atoms with van der Waals surface area (Å²) in [7, 11) is 3.07. The second-order valence-corrected chi connectivity index (χ2v) is 5.48. The molecule has 0 aliphatic rings. The highest BCUT2D eigenvalue weighted by molar-refractivity contribution is 6.35. The molecule has 4 nitrogen and oxygen atoms in total. The summed E-state index contributed by atoms with van der Waals surface area (Å²) in [6, 6.07) is 11.9. The third-order valence-corrected chi connectivity index (χ3v) is 4.09. The number of rotatable bonds is 2. The highest BCUT2D eigenvalue weighted by atomic mass is 35.5. The molecule has 1 aromatic heterocycles. The molecule has 0 spiro atoms. The van der Waals surface area contributed by atoms with Gasteiger partial charge in [-0.05, 0) is 28.8 Å². The van der Waals surface area contributed by atoms with Crippen LogP contribution < -0.4 is 10.3 Å². The van der Waals surface area contributed by atoms with Gasteiger partial charge in [-0.3, -0.25) is 4.79 Å². The maximum atomic E-state index is 12.6. The normalized spacial score (nSPS) is 10.9. The molecule has 0 radical (unpaired) electrons. The number of ether oxygens (including phenoxy) is 1. The minimum Gasteiger partial charge on any atom is -0.479 e. The summed E-state index contributed by atoms with van der Waals surface area (Å²) in [4.78, 5) is 12.6. The summed E-state index contributed by atoms with van der Waals surface area (Å²) in [6.07, 6.45) is 0. The van der Waals surface area contributed by atoms with Gasteiger partial charge in [0, 0.05) is 7.05 Å². The van der Waals surface area contributed by atoms with Crippen molar-refractivity contribution in [3.05, 3.63) is 57.3 Å². The fourth-order valence-corrected chi connectivity index (χ4v) is 2.94. The number of fused-ring (bicyclic) bond motifs is 1. The van der Waals surface area contributed by atoms with E-state index >= 15 is 0 Å². The molecule has 0 N–H and O–H groups in total. The molecule has 0 amide bonds. The molecule has 0 saturated heterocycles. The Kier molecular flexibility index (Phi) is 3.62. The van der Waals surface area contributed by atoms with Crippen molar-refractivity contribution in [2.45, 2.75) is 6.92 Å². The van der Waals surface area contributed by atoms with Gasteiger partial charge < -0.3 is 4.74 Å². The van der Waals surface area contributed by atoms with E-state index in [1.807, 2.05) is 43.3 Å². The number of methoxy groups -OCH3 is 1. The van der Waals surface area contributed by atoms with E-state index < -0.39 is 0 Å². The Morgan fingerprint density at radius 1 is 1.14 bits per heavy atom. The van der Waals surface area contributed by atoms with Gasteiger partial charge in [-0.15, -0.1) is 5.10 Å². The zero-order valence-electron chi connectivity index (χ0n) is 12.6. The summed E-state index contributed by atoms with van der Waals surface area (Å²) in [5.74, 6) is 0.242. The molecule has 112 valence electrons. The van der Waals surface area contributed by atoms with Gasteiger partial charge in [0.25, 0.3) is 11.4 Å². The predicted octanol–water partition coefficient (Wildman–Crippen LogP) is 3.57. The lowest BCUT2D eigenvalue weighted by atomic mass is 9.95. The molecule has 22 heavy (non-hydrogen) atoms. The zero-order valence-corrected chi connectivity index (χ0v) is 13.3. The summed E-state index contributed by atoms with van der Waals surface area (Å²) >= 11 is 6.39. The van der Waals surface area contributed by atoms with Crippen molar-refractivity contribution in [3.8, 4) is 17.0 Å². The van der Waals surface area contributed by atoms with Crippen molar-refractivity contribution in [2.24, 2.45) is 7.05 Å². The average Bonchev–Trinajstić information content (AvgIpc) is 2.53. The second-order valence-electron chi connectivity index (χ2n) is 5.11. The maximum absolute atomic E-state index is 12.6. The molecule has 0 aliphatic carbocycles. The van der Waals surface area contributed by atoms with Gasteiger partial charge in [-0.25, -0.2) is 4.68 Å². The molecule has 0 fully saturated rings. The fraction of sp³-hybridized carbons (Fsp3) is 0.176.